The molecule has 0 N–H and O–H groups in total. The zero-order valence-corrected chi connectivity index (χ0v) is 14.4. The van der Waals surface area contributed by atoms with E-state index < -0.39 is 0 Å². The molecule has 0 fully saturated rings. The van der Waals surface area contributed by atoms with Crippen LogP contribution in [0, 0.1) is 0 Å². The average Bonchev–Trinajstić information content (AvgIpc) is 2.84. The van der Waals surface area contributed by atoms with Crippen LogP contribution < -0.4 is 0 Å². The van der Waals surface area contributed by atoms with Gasteiger partial charge in [-0.25, -0.2) is 4.98 Å². The second-order valence-electron chi connectivity index (χ2n) is 6.14. The van der Waals surface area contributed by atoms with Crippen LogP contribution in [-0.2, 0) is 5.41 Å². The van der Waals surface area contributed by atoms with Crippen molar-refractivity contribution in [2.45, 2.75) is 26.2 Å². The van der Waals surface area contributed by atoms with Gasteiger partial charge >= 0.3 is 0 Å². The quantitative estimate of drug-likeness (QED) is 0.534. The van der Waals surface area contributed by atoms with E-state index in [2.05, 4.69) is 46.9 Å². The molecule has 0 bridgehead atoms. The fraction of sp³-hybridized carbons (Fsp3) is 0.235. The summed E-state index contributed by atoms with van der Waals surface area (Å²) in [6, 6.07) is 13.7. The molecule has 0 aliphatic carbocycles. The van der Waals surface area contributed by atoms with Crippen molar-refractivity contribution in [1.82, 2.24) is 9.38 Å². The van der Waals surface area contributed by atoms with Crippen molar-refractivity contribution in [2.24, 2.45) is 10.2 Å². The minimum atomic E-state index is -0.0996. The minimum Gasteiger partial charge on any atom is -0.283 e. The highest BCUT2D eigenvalue weighted by atomic mass is 79.9. The number of azo groups is 1. The molecule has 0 aliphatic heterocycles. The Balaban J connectivity index is 2.13. The van der Waals surface area contributed by atoms with Crippen LogP contribution in [0.25, 0.3) is 5.65 Å². The molecular weight excluding hydrogens is 340 g/mol. The maximum absolute atomic E-state index is 4.71. The van der Waals surface area contributed by atoms with Gasteiger partial charge in [-0.15, -0.1) is 10.2 Å². The third kappa shape index (κ3) is 2.95. The maximum Gasteiger partial charge on any atom is 0.183 e. The molecule has 1 aromatic carbocycles. The summed E-state index contributed by atoms with van der Waals surface area (Å²) >= 11 is 3.45. The van der Waals surface area contributed by atoms with Crippen LogP contribution in [0.15, 0.2) is 63.4 Å². The van der Waals surface area contributed by atoms with E-state index in [1.165, 1.54) is 0 Å². The van der Waals surface area contributed by atoms with Crippen LogP contribution in [0.3, 0.4) is 0 Å². The van der Waals surface area contributed by atoms with Crippen molar-refractivity contribution in [3.05, 3.63) is 58.8 Å². The molecule has 2 heterocycles. The summed E-state index contributed by atoms with van der Waals surface area (Å²) in [6.45, 7) is 6.40. The van der Waals surface area contributed by atoms with E-state index in [0.717, 1.165) is 27.3 Å². The fourth-order valence-corrected chi connectivity index (χ4v) is 2.61. The van der Waals surface area contributed by atoms with Gasteiger partial charge in [0, 0.05) is 16.1 Å². The molecule has 0 saturated carbocycles. The van der Waals surface area contributed by atoms with Crippen LogP contribution in [-0.4, -0.2) is 9.38 Å². The fourth-order valence-electron chi connectivity index (χ4n) is 2.23. The van der Waals surface area contributed by atoms with Gasteiger partial charge in [0.25, 0.3) is 0 Å². The van der Waals surface area contributed by atoms with Gasteiger partial charge in [0.1, 0.15) is 5.65 Å². The van der Waals surface area contributed by atoms with E-state index in [-0.39, 0.29) is 5.41 Å². The highest BCUT2D eigenvalue weighted by molar-refractivity contribution is 9.10. The molecule has 5 heteroatoms. The normalized spacial score (nSPS) is 12.4. The Hall–Kier alpha value is -2.01. The summed E-state index contributed by atoms with van der Waals surface area (Å²) in [6.07, 6.45) is 1.97. The first kappa shape index (κ1) is 14.9. The second kappa shape index (κ2) is 5.65. The van der Waals surface area contributed by atoms with Gasteiger partial charge in [0.15, 0.2) is 5.82 Å². The standard InChI is InChI=1S/C17H17BrN4/c1-17(2,3)15-16(22-10-5-4-9-14(22)19-15)21-20-13-8-6-7-12(18)11-13/h4-11H,1-3H3. The van der Waals surface area contributed by atoms with Gasteiger partial charge in [0.2, 0.25) is 0 Å². The molecule has 112 valence electrons. The second-order valence-corrected chi connectivity index (χ2v) is 7.06. The van der Waals surface area contributed by atoms with Crippen molar-refractivity contribution in [3.8, 4) is 0 Å². The van der Waals surface area contributed by atoms with Gasteiger partial charge in [0.05, 0.1) is 11.4 Å². The van der Waals surface area contributed by atoms with E-state index in [9.17, 15) is 0 Å². The van der Waals surface area contributed by atoms with E-state index in [4.69, 9.17) is 4.98 Å². The summed E-state index contributed by atoms with van der Waals surface area (Å²) in [4.78, 5) is 4.71. The molecule has 3 aromatic rings. The molecule has 0 saturated heterocycles. The molecule has 0 atom stereocenters. The third-order valence-electron chi connectivity index (χ3n) is 3.28. The SMILES string of the molecule is CC(C)(C)c1nc2ccccn2c1N=Nc1cccc(Br)c1. The number of pyridine rings is 1. The number of fused-ring (bicyclic) bond motifs is 1. The van der Waals surface area contributed by atoms with Crippen molar-refractivity contribution in [1.29, 1.82) is 0 Å². The summed E-state index contributed by atoms with van der Waals surface area (Å²) in [5.41, 5.74) is 2.53. The summed E-state index contributed by atoms with van der Waals surface area (Å²) in [5.74, 6) is 0.781. The van der Waals surface area contributed by atoms with Crippen LogP contribution in [0.4, 0.5) is 11.5 Å². The number of hydrogen-bond acceptors (Lipinski definition) is 3. The lowest BCUT2D eigenvalue weighted by Crippen LogP contribution is -2.11. The van der Waals surface area contributed by atoms with Crippen molar-refractivity contribution < 1.29 is 0 Å². The predicted molar refractivity (Wildman–Crippen MR) is 92.2 cm³/mol. The lowest BCUT2D eigenvalue weighted by molar-refractivity contribution is 0.574. The maximum atomic E-state index is 4.71. The first-order valence-corrected chi connectivity index (χ1v) is 7.89. The zero-order valence-electron chi connectivity index (χ0n) is 12.8. The van der Waals surface area contributed by atoms with Crippen LogP contribution in [0.2, 0.25) is 0 Å². The molecule has 3 rings (SSSR count). The van der Waals surface area contributed by atoms with Gasteiger partial charge in [-0.05, 0) is 30.3 Å². The van der Waals surface area contributed by atoms with E-state index in [1.54, 1.807) is 0 Å². The van der Waals surface area contributed by atoms with E-state index in [0.29, 0.717) is 0 Å². The number of halogens is 1. The molecule has 0 spiro atoms. The smallest absolute Gasteiger partial charge is 0.183 e. The molecule has 0 amide bonds. The van der Waals surface area contributed by atoms with Crippen molar-refractivity contribution >= 4 is 33.1 Å². The van der Waals surface area contributed by atoms with E-state index in [1.807, 2.05) is 53.1 Å². The monoisotopic (exact) mass is 356 g/mol. The van der Waals surface area contributed by atoms with Crippen molar-refractivity contribution in [3.63, 3.8) is 0 Å². The average molecular weight is 357 g/mol. The third-order valence-corrected chi connectivity index (χ3v) is 3.78. The number of rotatable bonds is 2. The Morgan fingerprint density at radius 1 is 1.05 bits per heavy atom. The predicted octanol–water partition coefficient (Wildman–Crippen LogP) is 5.81. The van der Waals surface area contributed by atoms with Crippen molar-refractivity contribution in [2.75, 3.05) is 0 Å². The zero-order chi connectivity index (χ0) is 15.7. The Kier molecular flexibility index (Phi) is 3.83. The number of hydrogen-bond donors (Lipinski definition) is 0. The molecule has 4 nitrogen and oxygen atoms in total. The first-order chi connectivity index (χ1) is 10.4. The Morgan fingerprint density at radius 2 is 1.86 bits per heavy atom. The molecule has 0 radical (unpaired) electrons. The molecule has 0 unspecified atom stereocenters. The van der Waals surface area contributed by atoms with Gasteiger partial charge in [-0.1, -0.05) is 48.8 Å². The number of aromatic nitrogens is 2. The molecule has 22 heavy (non-hydrogen) atoms. The molecule has 0 aliphatic rings. The Morgan fingerprint density at radius 3 is 2.59 bits per heavy atom. The largest absolute Gasteiger partial charge is 0.283 e. The summed E-state index contributed by atoms with van der Waals surface area (Å²) < 4.78 is 2.96. The Bertz CT molecular complexity index is 843. The lowest BCUT2D eigenvalue weighted by Gasteiger charge is -2.15. The van der Waals surface area contributed by atoms with E-state index >= 15 is 0 Å². The number of nitrogens with zero attached hydrogens (tertiary/aromatic N) is 4. The van der Waals surface area contributed by atoms with Gasteiger partial charge in [-0.3, -0.25) is 4.40 Å². The molecule has 2 aromatic heterocycles. The number of imidazole rings is 1. The van der Waals surface area contributed by atoms with Crippen LogP contribution >= 0.6 is 15.9 Å². The van der Waals surface area contributed by atoms with Gasteiger partial charge < -0.3 is 0 Å². The summed E-state index contributed by atoms with van der Waals surface area (Å²) in [7, 11) is 0. The summed E-state index contributed by atoms with van der Waals surface area (Å²) in [5, 5.41) is 8.84. The minimum absolute atomic E-state index is 0.0996. The highest BCUT2D eigenvalue weighted by Crippen LogP contribution is 2.33. The first-order valence-electron chi connectivity index (χ1n) is 7.10. The van der Waals surface area contributed by atoms with Crippen LogP contribution in [0.1, 0.15) is 26.5 Å². The Labute approximate surface area is 138 Å². The van der Waals surface area contributed by atoms with Gasteiger partial charge in [-0.2, -0.15) is 0 Å². The van der Waals surface area contributed by atoms with Crippen LogP contribution in [0.5, 0.6) is 0 Å². The number of benzene rings is 1. The molecular formula is C17H17BrN4. The lowest BCUT2D eigenvalue weighted by atomic mass is 9.92. The highest BCUT2D eigenvalue weighted by Gasteiger charge is 2.23. The topological polar surface area (TPSA) is 42.0 Å².